The molecule has 0 saturated carbocycles. The Labute approximate surface area is 109 Å². The molecule has 7 heteroatoms. The minimum atomic E-state index is -0.110. The Bertz CT molecular complexity index is 604. The minimum absolute atomic E-state index is 0.110. The number of aryl methyl sites for hydroxylation is 2. The Morgan fingerprint density at radius 1 is 1.44 bits per heavy atom. The largest absolute Gasteiger partial charge is 0.363 e. The molecule has 2 rings (SSSR count). The summed E-state index contributed by atoms with van der Waals surface area (Å²) in [4.78, 5) is 12.2. The third-order valence-corrected chi connectivity index (χ3v) is 3.38. The van der Waals surface area contributed by atoms with E-state index in [0.717, 1.165) is 12.1 Å². The van der Waals surface area contributed by atoms with E-state index in [1.165, 1.54) is 16.0 Å². The van der Waals surface area contributed by atoms with E-state index in [2.05, 4.69) is 20.6 Å². The maximum absolute atomic E-state index is 12.2. The van der Waals surface area contributed by atoms with Gasteiger partial charge in [0.2, 0.25) is 5.13 Å². The molecule has 18 heavy (non-hydrogen) atoms. The van der Waals surface area contributed by atoms with Gasteiger partial charge in [-0.25, -0.2) is 4.68 Å². The van der Waals surface area contributed by atoms with Gasteiger partial charge in [-0.2, -0.15) is 5.10 Å². The van der Waals surface area contributed by atoms with Gasteiger partial charge in [0.05, 0.1) is 11.3 Å². The molecule has 2 heterocycles. The average molecular weight is 265 g/mol. The lowest BCUT2D eigenvalue weighted by molar-refractivity contribution is 0.562. The van der Waals surface area contributed by atoms with E-state index < -0.39 is 0 Å². The Morgan fingerprint density at radius 2 is 2.22 bits per heavy atom. The fraction of sp³-hybridized carbons (Fsp3) is 0.455. The molecule has 96 valence electrons. The highest BCUT2D eigenvalue weighted by atomic mass is 32.1. The predicted molar refractivity (Wildman–Crippen MR) is 72.0 cm³/mol. The number of aromatic nitrogens is 4. The van der Waals surface area contributed by atoms with Crippen LogP contribution in [0.15, 0.2) is 10.9 Å². The summed E-state index contributed by atoms with van der Waals surface area (Å²) in [6.07, 6.45) is 0.869. The molecular weight excluding hydrogens is 250 g/mol. The lowest BCUT2D eigenvalue weighted by Crippen LogP contribution is -2.25. The maximum atomic E-state index is 12.2. The van der Waals surface area contributed by atoms with Crippen LogP contribution in [-0.2, 0) is 6.54 Å². The predicted octanol–water partition coefficient (Wildman–Crippen LogP) is 1.52. The number of hydrogen-bond acceptors (Lipinski definition) is 6. The number of nitrogens with one attached hydrogen (secondary N) is 1. The van der Waals surface area contributed by atoms with Crippen molar-refractivity contribution in [3.63, 3.8) is 0 Å². The third-order valence-electron chi connectivity index (χ3n) is 2.40. The molecule has 2 aromatic heterocycles. The van der Waals surface area contributed by atoms with Gasteiger partial charge in [0.25, 0.3) is 5.56 Å². The minimum Gasteiger partial charge on any atom is -0.363 e. The lowest BCUT2D eigenvalue weighted by atomic mass is 10.2. The summed E-state index contributed by atoms with van der Waals surface area (Å²) in [5.41, 5.74) is 1.26. The molecule has 0 saturated heterocycles. The van der Waals surface area contributed by atoms with Crippen molar-refractivity contribution in [2.75, 3.05) is 12.4 Å². The second-order valence-corrected chi connectivity index (χ2v) is 4.87. The van der Waals surface area contributed by atoms with Crippen LogP contribution >= 0.6 is 11.3 Å². The smallest absolute Gasteiger partial charge is 0.277 e. The van der Waals surface area contributed by atoms with Crippen molar-refractivity contribution in [2.24, 2.45) is 0 Å². The van der Waals surface area contributed by atoms with Gasteiger partial charge in [0.15, 0.2) is 5.01 Å². The normalized spacial score (nSPS) is 10.6. The molecule has 0 amide bonds. The van der Waals surface area contributed by atoms with Gasteiger partial charge in [-0.3, -0.25) is 4.79 Å². The van der Waals surface area contributed by atoms with E-state index in [1.807, 2.05) is 13.8 Å². The van der Waals surface area contributed by atoms with E-state index in [0.29, 0.717) is 22.2 Å². The highest BCUT2D eigenvalue weighted by Crippen LogP contribution is 2.23. The van der Waals surface area contributed by atoms with Gasteiger partial charge in [-0.05, 0) is 19.4 Å². The molecule has 2 aromatic rings. The molecular formula is C11H15N5OS. The zero-order valence-corrected chi connectivity index (χ0v) is 11.4. The van der Waals surface area contributed by atoms with E-state index in [9.17, 15) is 4.79 Å². The SMILES string of the molecule is CCCn1nc(C)cc(-c2nnc(NC)s2)c1=O. The van der Waals surface area contributed by atoms with Gasteiger partial charge in [-0.1, -0.05) is 18.3 Å². The van der Waals surface area contributed by atoms with Crippen molar-refractivity contribution >= 4 is 16.5 Å². The van der Waals surface area contributed by atoms with Crippen molar-refractivity contribution in [1.29, 1.82) is 0 Å². The van der Waals surface area contributed by atoms with Gasteiger partial charge in [0, 0.05) is 13.6 Å². The van der Waals surface area contributed by atoms with Crippen LogP contribution in [0, 0.1) is 6.92 Å². The van der Waals surface area contributed by atoms with Crippen molar-refractivity contribution < 1.29 is 0 Å². The molecule has 0 aliphatic carbocycles. The molecule has 0 radical (unpaired) electrons. The zero-order valence-electron chi connectivity index (χ0n) is 10.6. The first-order chi connectivity index (χ1) is 8.65. The fourth-order valence-electron chi connectivity index (χ4n) is 1.62. The van der Waals surface area contributed by atoms with Gasteiger partial charge in [0.1, 0.15) is 0 Å². The first-order valence-electron chi connectivity index (χ1n) is 5.76. The highest BCUT2D eigenvalue weighted by Gasteiger charge is 2.13. The summed E-state index contributed by atoms with van der Waals surface area (Å²) in [6.45, 7) is 4.50. The van der Waals surface area contributed by atoms with Crippen LogP contribution in [0.4, 0.5) is 5.13 Å². The Balaban J connectivity index is 2.53. The molecule has 0 spiro atoms. The first-order valence-corrected chi connectivity index (χ1v) is 6.57. The number of hydrogen-bond donors (Lipinski definition) is 1. The molecule has 0 aliphatic rings. The van der Waals surface area contributed by atoms with E-state index in [1.54, 1.807) is 13.1 Å². The van der Waals surface area contributed by atoms with Gasteiger partial charge < -0.3 is 5.32 Å². The number of anilines is 1. The van der Waals surface area contributed by atoms with Crippen molar-refractivity contribution in [3.05, 3.63) is 22.1 Å². The summed E-state index contributed by atoms with van der Waals surface area (Å²) in [5.74, 6) is 0. The molecule has 1 N–H and O–H groups in total. The number of nitrogens with zero attached hydrogens (tertiary/aromatic N) is 4. The van der Waals surface area contributed by atoms with Crippen LogP contribution in [0.2, 0.25) is 0 Å². The van der Waals surface area contributed by atoms with Crippen molar-refractivity contribution in [2.45, 2.75) is 26.8 Å². The Hall–Kier alpha value is -1.76. The van der Waals surface area contributed by atoms with Crippen LogP contribution in [0.3, 0.4) is 0 Å². The zero-order chi connectivity index (χ0) is 13.1. The molecule has 0 fully saturated rings. The van der Waals surface area contributed by atoms with Crippen molar-refractivity contribution in [1.82, 2.24) is 20.0 Å². The molecule has 0 bridgehead atoms. The van der Waals surface area contributed by atoms with Crippen LogP contribution in [0.25, 0.3) is 10.6 Å². The summed E-state index contributed by atoms with van der Waals surface area (Å²) >= 11 is 1.36. The van der Waals surface area contributed by atoms with Gasteiger partial charge >= 0.3 is 0 Å². The first kappa shape index (κ1) is 12.7. The lowest BCUT2D eigenvalue weighted by Gasteiger charge is -2.05. The number of rotatable bonds is 4. The molecule has 0 atom stereocenters. The Morgan fingerprint density at radius 3 is 2.83 bits per heavy atom. The second kappa shape index (κ2) is 5.26. The summed E-state index contributed by atoms with van der Waals surface area (Å²) in [5, 5.41) is 16.4. The van der Waals surface area contributed by atoms with E-state index >= 15 is 0 Å². The van der Waals surface area contributed by atoms with Crippen LogP contribution in [0.1, 0.15) is 19.0 Å². The summed E-state index contributed by atoms with van der Waals surface area (Å²) in [7, 11) is 1.78. The average Bonchev–Trinajstić information content (AvgIpc) is 2.82. The van der Waals surface area contributed by atoms with Crippen LogP contribution < -0.4 is 10.9 Å². The fourth-order valence-corrected chi connectivity index (χ4v) is 2.33. The summed E-state index contributed by atoms with van der Waals surface area (Å²) < 4.78 is 1.49. The summed E-state index contributed by atoms with van der Waals surface area (Å²) in [6, 6.07) is 1.76. The molecule has 0 unspecified atom stereocenters. The highest BCUT2D eigenvalue weighted by molar-refractivity contribution is 7.18. The van der Waals surface area contributed by atoms with Crippen LogP contribution in [-0.4, -0.2) is 27.0 Å². The monoisotopic (exact) mass is 265 g/mol. The quantitative estimate of drug-likeness (QED) is 0.907. The maximum Gasteiger partial charge on any atom is 0.277 e. The van der Waals surface area contributed by atoms with Gasteiger partial charge in [-0.15, -0.1) is 10.2 Å². The van der Waals surface area contributed by atoms with Crippen LogP contribution in [0.5, 0.6) is 0 Å². The second-order valence-electron chi connectivity index (χ2n) is 3.89. The van der Waals surface area contributed by atoms with E-state index in [-0.39, 0.29) is 5.56 Å². The van der Waals surface area contributed by atoms with E-state index in [4.69, 9.17) is 0 Å². The molecule has 0 aliphatic heterocycles. The molecule has 0 aromatic carbocycles. The topological polar surface area (TPSA) is 72.7 Å². The third kappa shape index (κ3) is 2.40. The molecule has 6 nitrogen and oxygen atoms in total. The standard InChI is InChI=1S/C11H15N5OS/c1-4-5-16-10(17)8(6-7(2)15-16)9-13-14-11(12-3)18-9/h6H,4-5H2,1-3H3,(H,12,14). The Kier molecular flexibility index (Phi) is 3.71. The van der Waals surface area contributed by atoms with Crippen molar-refractivity contribution in [3.8, 4) is 10.6 Å².